The molecule has 0 unspecified atom stereocenters. The van der Waals surface area contributed by atoms with Gasteiger partial charge in [-0.2, -0.15) is 0 Å². The zero-order valence-corrected chi connectivity index (χ0v) is 14.0. The molecule has 20 heavy (non-hydrogen) atoms. The highest BCUT2D eigenvalue weighted by Gasteiger charge is 2.25. The van der Waals surface area contributed by atoms with Gasteiger partial charge in [-0.25, -0.2) is 4.98 Å². The molecule has 0 saturated carbocycles. The second-order valence-electron chi connectivity index (χ2n) is 4.34. The largest absolute Gasteiger partial charge is 0.333 e. The van der Waals surface area contributed by atoms with Crippen molar-refractivity contribution in [3.63, 3.8) is 0 Å². The van der Waals surface area contributed by atoms with Crippen LogP contribution in [0.4, 0.5) is 5.00 Å². The van der Waals surface area contributed by atoms with Crippen molar-refractivity contribution in [3.8, 4) is 0 Å². The van der Waals surface area contributed by atoms with Crippen LogP contribution < -0.4 is 5.32 Å². The Morgan fingerprint density at radius 2 is 2.25 bits per heavy atom. The number of nitrogens with zero attached hydrogens (tertiary/aromatic N) is 2. The SMILES string of the molecule is C=C1Nc2sc(SCl)cc2C(=C)N1Cc1cnc(C)s1. The Bertz CT molecular complexity index is 689. The van der Waals surface area contributed by atoms with E-state index in [2.05, 4.69) is 34.4 Å². The highest BCUT2D eigenvalue weighted by Crippen LogP contribution is 2.44. The summed E-state index contributed by atoms with van der Waals surface area (Å²) in [5.74, 6) is 0.835. The molecule has 0 spiro atoms. The highest BCUT2D eigenvalue weighted by atomic mass is 35.7. The summed E-state index contributed by atoms with van der Waals surface area (Å²) in [6, 6.07) is 2.06. The van der Waals surface area contributed by atoms with Gasteiger partial charge < -0.3 is 10.2 Å². The van der Waals surface area contributed by atoms with Crippen LogP contribution in [0, 0.1) is 6.92 Å². The molecular weight excluding hydrogens is 330 g/mol. The summed E-state index contributed by atoms with van der Waals surface area (Å²) in [6.45, 7) is 11.0. The minimum Gasteiger partial charge on any atom is -0.333 e. The molecule has 1 N–H and O–H groups in total. The van der Waals surface area contributed by atoms with Crippen LogP contribution in [0.2, 0.25) is 0 Å². The van der Waals surface area contributed by atoms with Crippen LogP contribution in [0.5, 0.6) is 0 Å². The third-order valence-electron chi connectivity index (χ3n) is 2.99. The maximum atomic E-state index is 5.83. The van der Waals surface area contributed by atoms with Crippen LogP contribution in [0.3, 0.4) is 0 Å². The number of thiazole rings is 1. The molecule has 0 atom stereocenters. The third-order valence-corrected chi connectivity index (χ3v) is 6.27. The van der Waals surface area contributed by atoms with Gasteiger partial charge in [0.05, 0.1) is 15.8 Å². The Balaban J connectivity index is 1.89. The van der Waals surface area contributed by atoms with Crippen LogP contribution in [0.1, 0.15) is 15.4 Å². The average Bonchev–Trinajstić information content (AvgIpc) is 3.00. The lowest BCUT2D eigenvalue weighted by Gasteiger charge is -2.32. The summed E-state index contributed by atoms with van der Waals surface area (Å²) in [5, 5.41) is 5.45. The van der Waals surface area contributed by atoms with Gasteiger partial charge in [-0.15, -0.1) is 22.7 Å². The maximum Gasteiger partial charge on any atom is 0.104 e. The predicted molar refractivity (Wildman–Crippen MR) is 90.2 cm³/mol. The molecule has 0 bridgehead atoms. The van der Waals surface area contributed by atoms with Gasteiger partial charge in [-0.1, -0.05) is 13.2 Å². The van der Waals surface area contributed by atoms with Gasteiger partial charge in [0.2, 0.25) is 0 Å². The lowest BCUT2D eigenvalue weighted by Crippen LogP contribution is -2.27. The quantitative estimate of drug-likeness (QED) is 0.837. The second kappa shape index (κ2) is 5.44. The molecular formula is C13H12ClN3S3. The van der Waals surface area contributed by atoms with Gasteiger partial charge in [0.1, 0.15) is 10.8 Å². The number of hydrogen-bond donors (Lipinski definition) is 1. The van der Waals surface area contributed by atoms with Gasteiger partial charge in [0.15, 0.2) is 0 Å². The Morgan fingerprint density at radius 1 is 1.45 bits per heavy atom. The number of halogens is 1. The summed E-state index contributed by atoms with van der Waals surface area (Å²) < 4.78 is 1.05. The van der Waals surface area contributed by atoms with Crippen molar-refractivity contribution in [3.05, 3.63) is 46.7 Å². The first-order chi connectivity index (χ1) is 9.58. The Kier molecular flexibility index (Phi) is 3.81. The van der Waals surface area contributed by atoms with E-state index in [1.807, 2.05) is 13.1 Å². The first-order valence-electron chi connectivity index (χ1n) is 5.85. The molecule has 3 heterocycles. The molecule has 2 aromatic rings. The molecule has 0 amide bonds. The third kappa shape index (κ3) is 2.48. The fourth-order valence-corrected chi connectivity index (χ4v) is 4.62. The molecule has 1 aliphatic heterocycles. The number of aryl methyl sites for hydroxylation is 1. The van der Waals surface area contributed by atoms with E-state index in [9.17, 15) is 0 Å². The van der Waals surface area contributed by atoms with E-state index in [1.54, 1.807) is 22.7 Å². The molecule has 0 aliphatic carbocycles. The number of nitrogens with one attached hydrogen (secondary N) is 1. The minimum absolute atomic E-state index is 0.731. The number of aromatic nitrogens is 1. The van der Waals surface area contributed by atoms with Gasteiger partial charge >= 0.3 is 0 Å². The minimum atomic E-state index is 0.731. The molecule has 0 saturated heterocycles. The van der Waals surface area contributed by atoms with E-state index in [0.29, 0.717) is 0 Å². The molecule has 104 valence electrons. The van der Waals surface area contributed by atoms with E-state index in [-0.39, 0.29) is 0 Å². The van der Waals surface area contributed by atoms with Crippen molar-refractivity contribution < 1.29 is 0 Å². The van der Waals surface area contributed by atoms with Crippen molar-refractivity contribution in [2.75, 3.05) is 5.32 Å². The van der Waals surface area contributed by atoms with Crippen molar-refractivity contribution in [1.82, 2.24) is 9.88 Å². The molecule has 7 heteroatoms. The molecule has 3 nitrogen and oxygen atoms in total. The van der Waals surface area contributed by atoms with Gasteiger partial charge in [-0.3, -0.25) is 0 Å². The normalized spacial score (nSPS) is 14.4. The van der Waals surface area contributed by atoms with Gasteiger partial charge in [0, 0.05) is 22.3 Å². The highest BCUT2D eigenvalue weighted by molar-refractivity contribution is 8.22. The first-order valence-corrected chi connectivity index (χ1v) is 9.12. The monoisotopic (exact) mass is 341 g/mol. The van der Waals surface area contributed by atoms with E-state index in [0.717, 1.165) is 37.8 Å². The molecule has 1 aliphatic rings. The van der Waals surface area contributed by atoms with E-state index in [4.69, 9.17) is 10.7 Å². The van der Waals surface area contributed by atoms with Crippen LogP contribution >= 0.6 is 44.3 Å². The zero-order valence-electron chi connectivity index (χ0n) is 10.8. The predicted octanol–water partition coefficient (Wildman–Crippen LogP) is 5.13. The average molecular weight is 342 g/mol. The number of anilines is 1. The van der Waals surface area contributed by atoms with Crippen molar-refractivity contribution in [2.45, 2.75) is 17.7 Å². The van der Waals surface area contributed by atoms with Crippen LogP contribution in [-0.2, 0) is 6.54 Å². The summed E-state index contributed by atoms with van der Waals surface area (Å²) in [7, 11) is 7.05. The molecule has 0 radical (unpaired) electrons. The molecule has 0 fully saturated rings. The van der Waals surface area contributed by atoms with E-state index >= 15 is 0 Å². The summed E-state index contributed by atoms with van der Waals surface area (Å²) in [5.41, 5.74) is 2.04. The second-order valence-corrected chi connectivity index (χ2v) is 8.02. The van der Waals surface area contributed by atoms with Crippen molar-refractivity contribution in [1.29, 1.82) is 0 Å². The topological polar surface area (TPSA) is 28.2 Å². The number of fused-ring (bicyclic) bond motifs is 1. The summed E-state index contributed by atoms with van der Waals surface area (Å²) in [4.78, 5) is 7.55. The molecule has 0 aromatic carbocycles. The summed E-state index contributed by atoms with van der Waals surface area (Å²) >= 11 is 3.31. The number of hydrogen-bond acceptors (Lipinski definition) is 6. The Hall–Kier alpha value is -0.950. The van der Waals surface area contributed by atoms with Crippen molar-refractivity contribution >= 4 is 55.0 Å². The van der Waals surface area contributed by atoms with Gasteiger partial charge in [0.25, 0.3) is 0 Å². The standard InChI is InChI=1S/C13H12ClN3S3/c1-7-11-4-12(20-14)19-13(11)16-8(2)17(7)6-10-5-15-9(3)18-10/h4-5,16H,1-2,6H2,3H3. The summed E-state index contributed by atoms with van der Waals surface area (Å²) in [6.07, 6.45) is 1.91. The van der Waals surface area contributed by atoms with E-state index < -0.39 is 0 Å². The number of thiophene rings is 1. The molecule has 2 aromatic heterocycles. The smallest absolute Gasteiger partial charge is 0.104 e. The maximum absolute atomic E-state index is 5.83. The van der Waals surface area contributed by atoms with Gasteiger partial charge in [-0.05, 0) is 34.6 Å². The first kappa shape index (κ1) is 14.0. The van der Waals surface area contributed by atoms with Crippen molar-refractivity contribution in [2.24, 2.45) is 0 Å². The van der Waals surface area contributed by atoms with E-state index in [1.165, 1.54) is 15.9 Å². The Labute approximate surface area is 134 Å². The number of rotatable bonds is 3. The fourth-order valence-electron chi connectivity index (χ4n) is 2.05. The lowest BCUT2D eigenvalue weighted by molar-refractivity contribution is 0.490. The zero-order chi connectivity index (χ0) is 14.3. The van der Waals surface area contributed by atoms with Crippen LogP contribution in [-0.4, -0.2) is 9.88 Å². The lowest BCUT2D eigenvalue weighted by atomic mass is 10.2. The Morgan fingerprint density at radius 3 is 2.90 bits per heavy atom. The molecule has 3 rings (SSSR count). The fraction of sp³-hybridized carbons (Fsp3) is 0.154. The van der Waals surface area contributed by atoms with Crippen LogP contribution in [0.15, 0.2) is 35.5 Å². The van der Waals surface area contributed by atoms with Crippen LogP contribution in [0.25, 0.3) is 5.70 Å².